The fourth-order valence-electron chi connectivity index (χ4n) is 1.82. The molecular weight excluding hydrogens is 343 g/mol. The van der Waals surface area contributed by atoms with Crippen molar-refractivity contribution in [3.8, 4) is 0 Å². The van der Waals surface area contributed by atoms with E-state index in [9.17, 15) is 9.18 Å². The number of alkyl halides is 1. The van der Waals surface area contributed by atoms with Crippen LogP contribution in [-0.2, 0) is 23.7 Å². The van der Waals surface area contributed by atoms with E-state index in [0.29, 0.717) is 46.2 Å². The Hall–Kier alpha value is -0.800. The van der Waals surface area contributed by atoms with Gasteiger partial charge in [0.2, 0.25) is 5.91 Å². The molecule has 0 aromatic carbocycles. The van der Waals surface area contributed by atoms with E-state index < -0.39 is 6.17 Å². The zero-order chi connectivity index (χ0) is 19.5. The summed E-state index contributed by atoms with van der Waals surface area (Å²) in [5.74, 6) is -0.218. The van der Waals surface area contributed by atoms with Gasteiger partial charge in [0.25, 0.3) is 0 Å². The Labute approximate surface area is 160 Å². The Balaban J connectivity index is -0.00000312. The Morgan fingerprint density at radius 1 is 0.962 bits per heavy atom. The summed E-state index contributed by atoms with van der Waals surface area (Å²) in [4.78, 5) is 11.5. The number of rotatable bonds is 19. The standard InChI is InChI=1S/C18H37FN2O5.2H2/c1-4-16(3)18(22)21-14-17(19)15-26-13-12-25-11-10-24-9-8-23-7-6-20-5-2;;/h16-17,20H,4-15H2,1-3H3,(H,21,22);2*1H. The van der Waals surface area contributed by atoms with Crippen LogP contribution in [0.4, 0.5) is 4.39 Å². The van der Waals surface area contributed by atoms with E-state index in [1.54, 1.807) is 0 Å². The third kappa shape index (κ3) is 16.7. The topological polar surface area (TPSA) is 78.1 Å². The van der Waals surface area contributed by atoms with Crippen molar-refractivity contribution in [2.24, 2.45) is 5.92 Å². The minimum Gasteiger partial charge on any atom is -0.378 e. The van der Waals surface area contributed by atoms with Gasteiger partial charge in [0.05, 0.1) is 59.4 Å². The van der Waals surface area contributed by atoms with Gasteiger partial charge < -0.3 is 29.6 Å². The summed E-state index contributed by atoms with van der Waals surface area (Å²) in [7, 11) is 0. The molecular formula is C18H41FN2O5. The second-order valence-electron chi connectivity index (χ2n) is 5.92. The Morgan fingerprint density at radius 2 is 1.50 bits per heavy atom. The molecule has 0 aliphatic carbocycles. The molecule has 0 saturated heterocycles. The van der Waals surface area contributed by atoms with Gasteiger partial charge in [0.15, 0.2) is 0 Å². The molecule has 0 bridgehead atoms. The number of nitrogens with one attached hydrogen (secondary N) is 2. The van der Waals surface area contributed by atoms with Crippen LogP contribution in [0.2, 0.25) is 0 Å². The monoisotopic (exact) mass is 384 g/mol. The average Bonchev–Trinajstić information content (AvgIpc) is 2.65. The summed E-state index contributed by atoms with van der Waals surface area (Å²) in [6.45, 7) is 11.0. The lowest BCUT2D eigenvalue weighted by Crippen LogP contribution is -2.35. The summed E-state index contributed by atoms with van der Waals surface area (Å²) in [5.41, 5.74) is 0. The van der Waals surface area contributed by atoms with Crippen molar-refractivity contribution >= 4 is 5.91 Å². The van der Waals surface area contributed by atoms with Gasteiger partial charge in [-0.15, -0.1) is 0 Å². The largest absolute Gasteiger partial charge is 0.378 e. The van der Waals surface area contributed by atoms with E-state index in [4.69, 9.17) is 18.9 Å². The summed E-state index contributed by atoms with van der Waals surface area (Å²) in [5, 5.41) is 5.75. The zero-order valence-electron chi connectivity index (χ0n) is 16.6. The molecule has 0 aromatic heterocycles. The van der Waals surface area contributed by atoms with Gasteiger partial charge in [-0.1, -0.05) is 20.8 Å². The number of hydrogen-bond donors (Lipinski definition) is 2. The van der Waals surface area contributed by atoms with Crippen molar-refractivity contribution in [3.63, 3.8) is 0 Å². The van der Waals surface area contributed by atoms with Crippen LogP contribution in [0.1, 0.15) is 30.0 Å². The molecule has 1 amide bonds. The molecule has 2 N–H and O–H groups in total. The highest BCUT2D eigenvalue weighted by molar-refractivity contribution is 5.78. The number of amides is 1. The summed E-state index contributed by atoms with van der Waals surface area (Å²) < 4.78 is 34.8. The summed E-state index contributed by atoms with van der Waals surface area (Å²) >= 11 is 0. The molecule has 0 heterocycles. The number of likely N-dealkylation sites (N-methyl/N-ethyl adjacent to an activating group) is 1. The first kappa shape index (κ1) is 25.2. The summed E-state index contributed by atoms with van der Waals surface area (Å²) in [6.07, 6.45) is -0.470. The van der Waals surface area contributed by atoms with Crippen LogP contribution in [-0.4, -0.2) is 84.6 Å². The zero-order valence-corrected chi connectivity index (χ0v) is 16.6. The molecule has 0 fully saturated rings. The van der Waals surface area contributed by atoms with E-state index in [-0.39, 0.29) is 27.8 Å². The fourth-order valence-corrected chi connectivity index (χ4v) is 1.82. The van der Waals surface area contributed by atoms with Crippen molar-refractivity contribution in [3.05, 3.63) is 0 Å². The third-order valence-corrected chi connectivity index (χ3v) is 3.65. The van der Waals surface area contributed by atoms with E-state index in [2.05, 4.69) is 17.6 Å². The van der Waals surface area contributed by atoms with E-state index in [1.807, 2.05) is 13.8 Å². The molecule has 0 saturated carbocycles. The van der Waals surface area contributed by atoms with Crippen molar-refractivity contribution in [2.75, 3.05) is 72.5 Å². The van der Waals surface area contributed by atoms with E-state index >= 15 is 0 Å². The predicted octanol–water partition coefficient (Wildman–Crippen LogP) is 1.65. The number of hydrogen-bond acceptors (Lipinski definition) is 6. The molecule has 0 spiro atoms. The SMILES string of the molecule is CCNCCOCCOCCOCCOCC(F)CNC(=O)C(C)CC.[HH].[HH]. The minimum absolute atomic E-state index is 0. The number of carbonyl (C=O) groups is 1. The molecule has 160 valence electrons. The van der Waals surface area contributed by atoms with Crippen molar-refractivity contribution < 1.29 is 31.0 Å². The number of carbonyl (C=O) groups excluding carboxylic acids is 1. The van der Waals surface area contributed by atoms with Gasteiger partial charge in [0, 0.05) is 15.3 Å². The highest BCUT2D eigenvalue weighted by atomic mass is 19.1. The Morgan fingerprint density at radius 3 is 2.04 bits per heavy atom. The van der Waals surface area contributed by atoms with Crippen molar-refractivity contribution in [2.45, 2.75) is 33.4 Å². The van der Waals surface area contributed by atoms with Gasteiger partial charge >= 0.3 is 0 Å². The number of halogens is 1. The minimum atomic E-state index is -1.21. The maximum absolute atomic E-state index is 13.6. The molecule has 0 rings (SSSR count). The van der Waals surface area contributed by atoms with Gasteiger partial charge in [-0.3, -0.25) is 4.79 Å². The van der Waals surface area contributed by atoms with E-state index in [1.165, 1.54) is 0 Å². The molecule has 0 aliphatic rings. The van der Waals surface area contributed by atoms with Crippen LogP contribution in [0.25, 0.3) is 0 Å². The normalized spacial score (nSPS) is 13.5. The predicted molar refractivity (Wildman–Crippen MR) is 103 cm³/mol. The summed E-state index contributed by atoms with van der Waals surface area (Å²) in [6, 6.07) is 0. The molecule has 0 radical (unpaired) electrons. The van der Waals surface area contributed by atoms with Crippen molar-refractivity contribution in [1.82, 2.24) is 10.6 Å². The molecule has 0 aliphatic heterocycles. The maximum atomic E-state index is 13.6. The highest BCUT2D eigenvalue weighted by Gasteiger charge is 2.13. The van der Waals surface area contributed by atoms with Crippen LogP contribution in [0.3, 0.4) is 0 Å². The molecule has 26 heavy (non-hydrogen) atoms. The average molecular weight is 385 g/mol. The Kier molecular flexibility index (Phi) is 18.4. The lowest BCUT2D eigenvalue weighted by molar-refractivity contribution is -0.124. The number of ether oxygens (including phenoxy) is 4. The lowest BCUT2D eigenvalue weighted by atomic mass is 10.1. The van der Waals surface area contributed by atoms with Gasteiger partial charge in [-0.05, 0) is 13.0 Å². The molecule has 7 nitrogen and oxygen atoms in total. The van der Waals surface area contributed by atoms with Crippen molar-refractivity contribution in [1.29, 1.82) is 0 Å². The second kappa shape index (κ2) is 19.0. The highest BCUT2D eigenvalue weighted by Crippen LogP contribution is 2.00. The fraction of sp³-hybridized carbons (Fsp3) is 0.944. The van der Waals surface area contributed by atoms with Gasteiger partial charge in [-0.2, -0.15) is 0 Å². The van der Waals surface area contributed by atoms with Crippen LogP contribution >= 0.6 is 0 Å². The molecule has 2 atom stereocenters. The quantitative estimate of drug-likeness (QED) is 0.330. The smallest absolute Gasteiger partial charge is 0.222 e. The molecule has 8 heteroatoms. The third-order valence-electron chi connectivity index (χ3n) is 3.65. The van der Waals surface area contributed by atoms with Gasteiger partial charge in [0.1, 0.15) is 6.17 Å². The first-order valence-corrected chi connectivity index (χ1v) is 9.55. The van der Waals surface area contributed by atoms with Crippen LogP contribution < -0.4 is 10.6 Å². The van der Waals surface area contributed by atoms with E-state index in [0.717, 1.165) is 19.5 Å². The first-order valence-electron chi connectivity index (χ1n) is 9.55. The first-order chi connectivity index (χ1) is 12.6. The van der Waals surface area contributed by atoms with Crippen LogP contribution in [0, 0.1) is 5.92 Å². The maximum Gasteiger partial charge on any atom is 0.222 e. The van der Waals surface area contributed by atoms with Gasteiger partial charge in [-0.25, -0.2) is 4.39 Å². The molecule has 0 aromatic rings. The molecule has 2 unspecified atom stereocenters. The lowest BCUT2D eigenvalue weighted by Gasteiger charge is -2.13. The van der Waals surface area contributed by atoms with Crippen LogP contribution in [0.15, 0.2) is 0 Å². The second-order valence-corrected chi connectivity index (χ2v) is 5.92. The Bertz CT molecular complexity index is 334. The van der Waals surface area contributed by atoms with Crippen LogP contribution in [0.5, 0.6) is 0 Å².